The minimum Gasteiger partial charge on any atom is -0.455 e. The fourth-order valence-corrected chi connectivity index (χ4v) is 4.65. The van der Waals surface area contributed by atoms with Crippen LogP contribution in [0.1, 0.15) is 10.6 Å². The van der Waals surface area contributed by atoms with Gasteiger partial charge in [-0.05, 0) is 64.5 Å². The van der Waals surface area contributed by atoms with Gasteiger partial charge in [-0.15, -0.1) is 0 Å². The lowest BCUT2D eigenvalue weighted by molar-refractivity contribution is 0.477. The maximum Gasteiger partial charge on any atom is 0.185 e. The van der Waals surface area contributed by atoms with E-state index in [2.05, 4.69) is 31.9 Å². The summed E-state index contributed by atoms with van der Waals surface area (Å²) < 4.78 is 35.4. The molecule has 1 heterocycles. The molecule has 3 aromatic rings. The number of para-hydroxylation sites is 1. The summed E-state index contributed by atoms with van der Waals surface area (Å²) in [6.07, 6.45) is 1.31. The second-order valence-electron chi connectivity index (χ2n) is 4.90. The number of hydrogen-bond acceptors (Lipinski definition) is 7. The molecule has 0 aliphatic rings. The monoisotopic (exact) mass is 483 g/mol. The number of ether oxygens (including phenoxy) is 1. The van der Waals surface area contributed by atoms with Gasteiger partial charge in [-0.2, -0.15) is 9.64 Å². The summed E-state index contributed by atoms with van der Waals surface area (Å²) in [7, 11) is -3.61. The molecule has 6 nitrogen and oxygen atoms in total. The lowest BCUT2D eigenvalue weighted by Crippen LogP contribution is -2.05. The van der Waals surface area contributed by atoms with Gasteiger partial charge in [0, 0.05) is 0 Å². The van der Waals surface area contributed by atoms with Crippen LogP contribution in [0.25, 0.3) is 0 Å². The Morgan fingerprint density at radius 1 is 1.20 bits per heavy atom. The number of benzene rings is 2. The SMILES string of the molecule is N#Cc1cc(S(=O)(=O)Cc2ncns2)ccc1Oc1ccccc1I. The van der Waals surface area contributed by atoms with Crippen molar-refractivity contribution in [3.05, 3.63) is 62.9 Å². The first-order chi connectivity index (χ1) is 12.0. The van der Waals surface area contributed by atoms with Gasteiger partial charge >= 0.3 is 0 Å². The number of hydrogen-bond donors (Lipinski definition) is 0. The van der Waals surface area contributed by atoms with E-state index in [0.29, 0.717) is 16.5 Å². The standard InChI is InChI=1S/C16H10IN3O3S2/c17-13-3-1-2-4-15(13)23-14-6-5-12(7-11(14)8-18)25(21,22)9-16-19-10-20-24-16/h1-7,10H,9H2. The van der Waals surface area contributed by atoms with E-state index in [1.807, 2.05) is 24.3 Å². The summed E-state index contributed by atoms with van der Waals surface area (Å²) in [5.41, 5.74) is 0.151. The Hall–Kier alpha value is -2.03. The molecule has 0 fully saturated rings. The van der Waals surface area contributed by atoms with Crippen molar-refractivity contribution in [1.82, 2.24) is 9.36 Å². The molecule has 0 unspecified atom stereocenters. The summed E-state index contributed by atoms with van der Waals surface area (Å²) in [5.74, 6) is 0.657. The fourth-order valence-electron chi connectivity index (χ4n) is 2.03. The lowest BCUT2D eigenvalue weighted by Gasteiger charge is -2.10. The van der Waals surface area contributed by atoms with Gasteiger partial charge in [0.1, 0.15) is 34.7 Å². The van der Waals surface area contributed by atoms with E-state index in [1.54, 1.807) is 6.07 Å². The number of sulfone groups is 1. The van der Waals surface area contributed by atoms with Crippen LogP contribution in [-0.4, -0.2) is 17.8 Å². The average Bonchev–Trinajstić information content (AvgIpc) is 3.09. The highest BCUT2D eigenvalue weighted by molar-refractivity contribution is 14.1. The minimum absolute atomic E-state index is 0.0503. The van der Waals surface area contributed by atoms with Crippen molar-refractivity contribution in [1.29, 1.82) is 5.26 Å². The Kier molecular flexibility index (Phi) is 5.31. The van der Waals surface area contributed by atoms with Gasteiger partial charge in [0.25, 0.3) is 0 Å². The molecule has 0 bridgehead atoms. The van der Waals surface area contributed by atoms with Gasteiger partial charge in [0.2, 0.25) is 0 Å². The number of halogens is 1. The molecule has 9 heteroatoms. The van der Waals surface area contributed by atoms with E-state index in [-0.39, 0.29) is 16.2 Å². The zero-order valence-electron chi connectivity index (χ0n) is 12.6. The van der Waals surface area contributed by atoms with Gasteiger partial charge in [-0.1, -0.05) is 12.1 Å². The second kappa shape index (κ2) is 7.47. The third-order valence-electron chi connectivity index (χ3n) is 3.21. The number of nitrogens with zero attached hydrogens (tertiary/aromatic N) is 3. The topological polar surface area (TPSA) is 92.9 Å². The van der Waals surface area contributed by atoms with Crippen molar-refractivity contribution < 1.29 is 13.2 Å². The van der Waals surface area contributed by atoms with Crippen LogP contribution in [0.2, 0.25) is 0 Å². The summed E-state index contributed by atoms with van der Waals surface area (Å²) >= 11 is 3.16. The predicted octanol–water partition coefficient (Wildman–Crippen LogP) is 3.78. The van der Waals surface area contributed by atoms with E-state index < -0.39 is 9.84 Å². The summed E-state index contributed by atoms with van der Waals surface area (Å²) in [6.45, 7) is 0. The van der Waals surface area contributed by atoms with Crippen LogP contribution in [0.15, 0.2) is 53.7 Å². The van der Waals surface area contributed by atoms with Crippen LogP contribution >= 0.6 is 34.1 Å². The third-order valence-corrected chi connectivity index (χ3v) is 6.57. The van der Waals surface area contributed by atoms with Crippen molar-refractivity contribution in [2.24, 2.45) is 0 Å². The Morgan fingerprint density at radius 3 is 2.68 bits per heavy atom. The van der Waals surface area contributed by atoms with Crippen LogP contribution in [0, 0.1) is 14.9 Å². The molecule has 1 aromatic heterocycles. The van der Waals surface area contributed by atoms with Crippen LogP contribution in [0.5, 0.6) is 11.5 Å². The Bertz CT molecular complexity index is 1040. The van der Waals surface area contributed by atoms with E-state index in [0.717, 1.165) is 15.1 Å². The predicted molar refractivity (Wildman–Crippen MR) is 101 cm³/mol. The fraction of sp³-hybridized carbons (Fsp3) is 0.0625. The highest BCUT2D eigenvalue weighted by atomic mass is 127. The quantitative estimate of drug-likeness (QED) is 0.513. The van der Waals surface area contributed by atoms with Crippen molar-refractivity contribution in [2.45, 2.75) is 10.6 Å². The van der Waals surface area contributed by atoms with Crippen molar-refractivity contribution in [2.75, 3.05) is 0 Å². The third kappa shape index (κ3) is 4.15. The van der Waals surface area contributed by atoms with E-state index in [1.165, 1.54) is 24.5 Å². The first-order valence-electron chi connectivity index (χ1n) is 6.94. The highest BCUT2D eigenvalue weighted by Crippen LogP contribution is 2.30. The molecule has 0 N–H and O–H groups in total. The van der Waals surface area contributed by atoms with Gasteiger partial charge in [-0.3, -0.25) is 0 Å². The molecule has 2 aromatic carbocycles. The zero-order chi connectivity index (χ0) is 17.9. The van der Waals surface area contributed by atoms with Gasteiger partial charge in [0.15, 0.2) is 9.84 Å². The maximum atomic E-state index is 12.5. The molecule has 25 heavy (non-hydrogen) atoms. The summed E-state index contributed by atoms with van der Waals surface area (Å²) in [6, 6.07) is 13.6. The van der Waals surface area contributed by atoms with Crippen LogP contribution in [0.3, 0.4) is 0 Å². The summed E-state index contributed by atoms with van der Waals surface area (Å²) in [5, 5.41) is 9.77. The molecule has 0 aliphatic heterocycles. The smallest absolute Gasteiger partial charge is 0.185 e. The zero-order valence-corrected chi connectivity index (χ0v) is 16.4. The first-order valence-corrected chi connectivity index (χ1v) is 10.4. The average molecular weight is 483 g/mol. The molecular weight excluding hydrogens is 473 g/mol. The van der Waals surface area contributed by atoms with E-state index in [9.17, 15) is 13.7 Å². The molecule has 0 radical (unpaired) electrons. The van der Waals surface area contributed by atoms with Crippen molar-refractivity contribution >= 4 is 44.0 Å². The molecule has 126 valence electrons. The molecule has 0 saturated carbocycles. The minimum atomic E-state index is -3.61. The Balaban J connectivity index is 1.92. The first kappa shape index (κ1) is 17.8. The Labute approximate surface area is 162 Å². The molecule has 3 rings (SSSR count). The number of rotatable bonds is 5. The van der Waals surface area contributed by atoms with E-state index >= 15 is 0 Å². The van der Waals surface area contributed by atoms with Crippen molar-refractivity contribution in [3.8, 4) is 17.6 Å². The van der Waals surface area contributed by atoms with Crippen LogP contribution < -0.4 is 4.74 Å². The summed E-state index contributed by atoms with van der Waals surface area (Å²) in [4.78, 5) is 3.94. The van der Waals surface area contributed by atoms with Crippen LogP contribution in [0.4, 0.5) is 0 Å². The molecule has 0 saturated heterocycles. The highest BCUT2D eigenvalue weighted by Gasteiger charge is 2.19. The lowest BCUT2D eigenvalue weighted by atomic mass is 10.2. The molecule has 0 atom stereocenters. The van der Waals surface area contributed by atoms with E-state index in [4.69, 9.17) is 4.74 Å². The normalized spacial score (nSPS) is 11.0. The van der Waals surface area contributed by atoms with Gasteiger partial charge < -0.3 is 4.74 Å². The number of aromatic nitrogens is 2. The largest absolute Gasteiger partial charge is 0.455 e. The second-order valence-corrected chi connectivity index (χ2v) is 8.91. The molecular formula is C16H10IN3O3S2. The molecule has 0 aliphatic carbocycles. The molecule has 0 amide bonds. The van der Waals surface area contributed by atoms with Gasteiger partial charge in [-0.25, -0.2) is 13.4 Å². The number of nitriles is 1. The molecule has 0 spiro atoms. The van der Waals surface area contributed by atoms with Crippen LogP contribution in [-0.2, 0) is 15.6 Å². The van der Waals surface area contributed by atoms with Gasteiger partial charge in [0.05, 0.1) is 14.0 Å². The maximum absolute atomic E-state index is 12.5. The van der Waals surface area contributed by atoms with Crippen molar-refractivity contribution in [3.63, 3.8) is 0 Å². The Morgan fingerprint density at radius 2 is 2.00 bits per heavy atom.